The molecule has 1 aromatic carbocycles. The molecule has 12 heteroatoms. The van der Waals surface area contributed by atoms with Gasteiger partial charge < -0.3 is 33.5 Å². The van der Waals surface area contributed by atoms with E-state index in [1.807, 2.05) is 63.5 Å². The number of rotatable bonds is 10. The van der Waals surface area contributed by atoms with Crippen LogP contribution in [0.1, 0.15) is 71.4 Å². The van der Waals surface area contributed by atoms with E-state index in [1.54, 1.807) is 21.6 Å². The molecule has 3 amide bonds. The molecule has 1 unspecified atom stereocenters. The number of morpholine rings is 1. The largest absolute Gasteiger partial charge is 0.466 e. The van der Waals surface area contributed by atoms with Gasteiger partial charge in [-0.15, -0.1) is 0 Å². The Morgan fingerprint density at radius 1 is 1.07 bits per heavy atom. The zero-order valence-electron chi connectivity index (χ0n) is 27.6. The summed E-state index contributed by atoms with van der Waals surface area (Å²) < 4.78 is 18.2. The van der Waals surface area contributed by atoms with Gasteiger partial charge in [0.2, 0.25) is 5.91 Å². The molecule has 0 spiro atoms. The average Bonchev–Trinajstić information content (AvgIpc) is 3.37. The Hall–Kier alpha value is -3.67. The molecule has 2 aromatic rings. The van der Waals surface area contributed by atoms with Crippen LogP contribution >= 0.6 is 0 Å². The Balaban J connectivity index is 1.67. The second-order valence-electron chi connectivity index (χ2n) is 13.2. The minimum absolute atomic E-state index is 0.0419. The Morgan fingerprint density at radius 3 is 2.44 bits per heavy atom. The molecule has 0 bridgehead atoms. The Kier molecular flexibility index (Phi) is 11.5. The summed E-state index contributed by atoms with van der Waals surface area (Å²) in [6.07, 6.45) is 0.616. The van der Waals surface area contributed by atoms with Gasteiger partial charge in [0.25, 0.3) is 5.91 Å². The molecule has 0 aliphatic carbocycles. The zero-order chi connectivity index (χ0) is 32.7. The predicted octanol–water partition coefficient (Wildman–Crippen LogP) is 3.96. The molecule has 0 radical (unpaired) electrons. The van der Waals surface area contributed by atoms with Gasteiger partial charge in [0.1, 0.15) is 5.60 Å². The number of esters is 1. The number of hydrogen-bond donors (Lipinski definition) is 0. The lowest BCUT2D eigenvalue weighted by Gasteiger charge is -2.44. The van der Waals surface area contributed by atoms with E-state index in [-0.39, 0.29) is 49.0 Å². The average molecular weight is 628 g/mol. The minimum Gasteiger partial charge on any atom is -0.466 e. The molecule has 248 valence electrons. The first-order chi connectivity index (χ1) is 21.4. The third-order valence-electron chi connectivity index (χ3n) is 7.93. The van der Waals surface area contributed by atoms with Crippen LogP contribution in [0.5, 0.6) is 0 Å². The summed E-state index contributed by atoms with van der Waals surface area (Å²) in [7, 11) is 0. The van der Waals surface area contributed by atoms with Crippen molar-refractivity contribution >= 4 is 34.9 Å². The van der Waals surface area contributed by atoms with Crippen molar-refractivity contribution in [1.29, 1.82) is 0 Å². The van der Waals surface area contributed by atoms with E-state index in [4.69, 9.17) is 19.2 Å². The topological polar surface area (TPSA) is 124 Å². The van der Waals surface area contributed by atoms with Gasteiger partial charge in [-0.25, -0.2) is 9.78 Å². The molecule has 4 rings (SSSR count). The van der Waals surface area contributed by atoms with Crippen molar-refractivity contribution in [3.05, 3.63) is 30.1 Å². The monoisotopic (exact) mass is 627 g/mol. The number of amides is 3. The highest BCUT2D eigenvalue weighted by molar-refractivity contribution is 5.95. The van der Waals surface area contributed by atoms with E-state index < -0.39 is 23.7 Å². The number of aryl methyl sites for hydroxylation is 1. The van der Waals surface area contributed by atoms with Gasteiger partial charge in [-0.05, 0) is 58.6 Å². The Labute approximate surface area is 265 Å². The van der Waals surface area contributed by atoms with E-state index in [0.717, 1.165) is 5.52 Å². The highest BCUT2D eigenvalue weighted by Crippen LogP contribution is 2.28. The first-order valence-corrected chi connectivity index (χ1v) is 16.1. The maximum Gasteiger partial charge on any atom is 0.410 e. The maximum absolute atomic E-state index is 14.6. The maximum atomic E-state index is 14.6. The molecule has 0 N–H and O–H groups in total. The lowest BCUT2D eigenvalue weighted by molar-refractivity contribution is -0.143. The molecular formula is C33H49N5O7. The number of para-hydroxylation sites is 2. The van der Waals surface area contributed by atoms with Crippen LogP contribution in [0.3, 0.4) is 0 Å². The molecule has 2 fully saturated rings. The summed E-state index contributed by atoms with van der Waals surface area (Å²) in [5.41, 5.74) is 0.768. The van der Waals surface area contributed by atoms with Crippen LogP contribution in [-0.4, -0.2) is 112 Å². The molecule has 12 nitrogen and oxygen atoms in total. The molecule has 2 atom stereocenters. The van der Waals surface area contributed by atoms with E-state index in [1.165, 1.54) is 0 Å². The van der Waals surface area contributed by atoms with Crippen LogP contribution in [0.15, 0.2) is 24.3 Å². The standard InChI is InChI=1S/C33H49N5O7/c1-7-44-28(39)13-10-14-37-27-12-9-8-11-26(27)34-29(37)31(41)38(20-23(2)3)25-19-24(30(40)35-15-17-43-18-16-35)21-36(22-25)32(42)45-33(4,5)6/h8-9,11-12,23-25H,7,10,13-22H2,1-6H3/t24-,25?/m1/s1. The van der Waals surface area contributed by atoms with Gasteiger partial charge in [0, 0.05) is 45.7 Å². The van der Waals surface area contributed by atoms with E-state index in [0.29, 0.717) is 64.4 Å². The molecule has 2 aliphatic heterocycles. The van der Waals surface area contributed by atoms with Crippen molar-refractivity contribution in [2.75, 3.05) is 52.5 Å². The fraction of sp³-hybridized carbons (Fsp3) is 0.667. The number of imidazole rings is 1. The van der Waals surface area contributed by atoms with Crippen LogP contribution in [0.2, 0.25) is 0 Å². The molecule has 1 aromatic heterocycles. The molecule has 2 aliphatic rings. The van der Waals surface area contributed by atoms with Crippen molar-refractivity contribution < 1.29 is 33.4 Å². The number of fused-ring (bicyclic) bond motifs is 1. The van der Waals surface area contributed by atoms with E-state index in [9.17, 15) is 19.2 Å². The fourth-order valence-corrected chi connectivity index (χ4v) is 5.99. The van der Waals surface area contributed by atoms with Gasteiger partial charge in [-0.3, -0.25) is 14.4 Å². The number of benzene rings is 1. The van der Waals surface area contributed by atoms with Crippen molar-refractivity contribution in [2.45, 2.75) is 79.0 Å². The third-order valence-corrected chi connectivity index (χ3v) is 7.93. The second kappa shape index (κ2) is 15.1. The summed E-state index contributed by atoms with van der Waals surface area (Å²) in [6, 6.07) is 7.11. The molecule has 3 heterocycles. The normalized spacial score (nSPS) is 19.1. The predicted molar refractivity (Wildman–Crippen MR) is 169 cm³/mol. The van der Waals surface area contributed by atoms with Crippen LogP contribution in [-0.2, 0) is 30.3 Å². The van der Waals surface area contributed by atoms with E-state index >= 15 is 0 Å². The molecular weight excluding hydrogens is 578 g/mol. The van der Waals surface area contributed by atoms with Gasteiger partial charge in [0.15, 0.2) is 5.82 Å². The molecule has 45 heavy (non-hydrogen) atoms. The van der Waals surface area contributed by atoms with Gasteiger partial charge >= 0.3 is 12.1 Å². The lowest BCUT2D eigenvalue weighted by Crippen LogP contribution is -2.58. The number of carbonyl (C=O) groups excluding carboxylic acids is 4. The number of piperidine rings is 1. The first kappa shape index (κ1) is 34.2. The van der Waals surface area contributed by atoms with Crippen LogP contribution in [0.4, 0.5) is 4.79 Å². The number of carbonyl (C=O) groups is 4. The van der Waals surface area contributed by atoms with Crippen LogP contribution in [0, 0.1) is 11.8 Å². The highest BCUT2D eigenvalue weighted by atomic mass is 16.6. The zero-order valence-corrected chi connectivity index (χ0v) is 27.6. The van der Waals surface area contributed by atoms with Crippen molar-refractivity contribution in [1.82, 2.24) is 24.3 Å². The fourth-order valence-electron chi connectivity index (χ4n) is 5.99. The summed E-state index contributed by atoms with van der Waals surface area (Å²) >= 11 is 0. The second-order valence-corrected chi connectivity index (χ2v) is 13.2. The Bertz CT molecular complexity index is 1340. The smallest absolute Gasteiger partial charge is 0.410 e. The number of hydrogen-bond acceptors (Lipinski definition) is 8. The number of likely N-dealkylation sites (tertiary alicyclic amines) is 1. The van der Waals surface area contributed by atoms with Crippen LogP contribution in [0.25, 0.3) is 11.0 Å². The minimum atomic E-state index is -0.713. The third kappa shape index (κ3) is 8.96. The van der Waals surface area contributed by atoms with Crippen LogP contribution < -0.4 is 0 Å². The highest BCUT2D eigenvalue weighted by Gasteiger charge is 2.41. The number of ether oxygens (including phenoxy) is 3. The van der Waals surface area contributed by atoms with Crippen molar-refractivity contribution in [3.8, 4) is 0 Å². The first-order valence-electron chi connectivity index (χ1n) is 16.1. The molecule has 2 saturated heterocycles. The summed E-state index contributed by atoms with van der Waals surface area (Å²) in [6.45, 7) is 14.8. The van der Waals surface area contributed by atoms with E-state index in [2.05, 4.69) is 0 Å². The quantitative estimate of drug-likeness (QED) is 0.363. The Morgan fingerprint density at radius 2 is 1.78 bits per heavy atom. The van der Waals surface area contributed by atoms with Gasteiger partial charge in [0.05, 0.1) is 42.8 Å². The summed E-state index contributed by atoms with van der Waals surface area (Å²) in [5.74, 6) is -0.715. The number of nitrogens with zero attached hydrogens (tertiary/aromatic N) is 5. The summed E-state index contributed by atoms with van der Waals surface area (Å²) in [5, 5.41) is 0. The molecule has 0 saturated carbocycles. The van der Waals surface area contributed by atoms with Gasteiger partial charge in [-0.2, -0.15) is 0 Å². The summed E-state index contributed by atoms with van der Waals surface area (Å²) in [4.78, 5) is 63.7. The van der Waals surface area contributed by atoms with Crippen molar-refractivity contribution in [2.24, 2.45) is 11.8 Å². The van der Waals surface area contributed by atoms with Crippen molar-refractivity contribution in [3.63, 3.8) is 0 Å². The number of aromatic nitrogens is 2. The SMILES string of the molecule is CCOC(=O)CCCn1c(C(=O)N(CC(C)C)C2C[C@@H](C(=O)N3CCOCC3)CN(C(=O)OC(C)(C)C)C2)nc2ccccc21. The van der Waals surface area contributed by atoms with Gasteiger partial charge in [-0.1, -0.05) is 26.0 Å². The lowest BCUT2D eigenvalue weighted by atomic mass is 9.91.